The van der Waals surface area contributed by atoms with Crippen LogP contribution >= 0.6 is 0 Å². The third-order valence-corrected chi connectivity index (χ3v) is 4.28. The van der Waals surface area contributed by atoms with Gasteiger partial charge in [0.05, 0.1) is 0 Å². The van der Waals surface area contributed by atoms with Gasteiger partial charge in [0.25, 0.3) is 0 Å². The number of amides is 2. The van der Waals surface area contributed by atoms with Crippen LogP contribution in [0.25, 0.3) is 0 Å². The van der Waals surface area contributed by atoms with Crippen molar-refractivity contribution in [3.63, 3.8) is 0 Å². The molecule has 2 saturated heterocycles. The maximum absolute atomic E-state index is 12.3. The predicted molar refractivity (Wildman–Crippen MR) is 72.6 cm³/mol. The van der Waals surface area contributed by atoms with E-state index >= 15 is 0 Å². The summed E-state index contributed by atoms with van der Waals surface area (Å²) in [4.78, 5) is 25.5. The van der Waals surface area contributed by atoms with E-state index in [0.717, 1.165) is 25.9 Å². The van der Waals surface area contributed by atoms with E-state index in [-0.39, 0.29) is 12.1 Å². The molecule has 0 aromatic heterocycles. The monoisotopic (exact) mass is 285 g/mol. The summed E-state index contributed by atoms with van der Waals surface area (Å²) in [7, 11) is 1.74. The normalized spacial score (nSPS) is 23.1. The van der Waals surface area contributed by atoms with Gasteiger partial charge in [0.15, 0.2) is 0 Å². The lowest BCUT2D eigenvalue weighted by molar-refractivity contribution is -0.148. The smallest absolute Gasteiger partial charge is 0.329 e. The Morgan fingerprint density at radius 2 is 1.90 bits per heavy atom. The van der Waals surface area contributed by atoms with Gasteiger partial charge in [0.2, 0.25) is 0 Å². The fraction of sp³-hybridized carbons (Fsp3) is 0.846. The minimum absolute atomic E-state index is 0.168. The first-order valence-electron chi connectivity index (χ1n) is 7.12. The first kappa shape index (κ1) is 15.1. The number of aliphatic carboxylic acids is 1. The Bertz CT molecular complexity index is 363. The van der Waals surface area contributed by atoms with Crippen molar-refractivity contribution in [1.82, 2.24) is 15.5 Å². The van der Waals surface area contributed by atoms with Gasteiger partial charge >= 0.3 is 12.0 Å². The maximum Gasteiger partial charge on any atom is 0.329 e. The average molecular weight is 285 g/mol. The Morgan fingerprint density at radius 3 is 2.45 bits per heavy atom. The number of carbonyl (C=O) groups is 2. The number of urea groups is 1. The topological polar surface area (TPSA) is 90.9 Å². The highest BCUT2D eigenvalue weighted by molar-refractivity contribution is 5.86. The van der Waals surface area contributed by atoms with Crippen LogP contribution < -0.4 is 10.6 Å². The van der Waals surface area contributed by atoms with Crippen molar-refractivity contribution in [1.29, 1.82) is 0 Å². The van der Waals surface area contributed by atoms with Gasteiger partial charge in [0, 0.05) is 39.1 Å². The molecule has 114 valence electrons. The molecule has 0 unspecified atom stereocenters. The van der Waals surface area contributed by atoms with Crippen molar-refractivity contribution in [3.8, 4) is 0 Å². The summed E-state index contributed by atoms with van der Waals surface area (Å²) in [6, 6.07) is -0.136. The molecule has 0 aromatic rings. The molecule has 0 atom stereocenters. The molecule has 0 radical (unpaired) electrons. The van der Waals surface area contributed by atoms with Crippen LogP contribution in [-0.4, -0.2) is 66.9 Å². The van der Waals surface area contributed by atoms with Crippen LogP contribution in [0.1, 0.15) is 25.7 Å². The molecule has 0 spiro atoms. The summed E-state index contributed by atoms with van der Waals surface area (Å²) in [5, 5.41) is 15.4. The second kappa shape index (κ2) is 6.41. The number of carbonyl (C=O) groups excluding carboxylic acids is 1. The van der Waals surface area contributed by atoms with Crippen LogP contribution in [0.15, 0.2) is 0 Å². The summed E-state index contributed by atoms with van der Waals surface area (Å²) in [6.45, 7) is 2.51. The Labute approximate surface area is 118 Å². The Morgan fingerprint density at radius 1 is 1.30 bits per heavy atom. The van der Waals surface area contributed by atoms with E-state index in [1.54, 1.807) is 11.9 Å². The van der Waals surface area contributed by atoms with Gasteiger partial charge in [-0.2, -0.15) is 0 Å². The number of hydrogen-bond acceptors (Lipinski definition) is 4. The number of piperidine rings is 1. The lowest BCUT2D eigenvalue weighted by Crippen LogP contribution is -2.61. The third kappa shape index (κ3) is 3.21. The molecule has 2 aliphatic heterocycles. The van der Waals surface area contributed by atoms with E-state index in [9.17, 15) is 14.7 Å². The summed E-state index contributed by atoms with van der Waals surface area (Å²) in [6.07, 6.45) is 2.42. The van der Waals surface area contributed by atoms with Crippen LogP contribution in [0.2, 0.25) is 0 Å². The second-order valence-corrected chi connectivity index (χ2v) is 5.52. The second-order valence-electron chi connectivity index (χ2n) is 5.52. The molecule has 20 heavy (non-hydrogen) atoms. The largest absolute Gasteiger partial charge is 0.480 e. The summed E-state index contributed by atoms with van der Waals surface area (Å²) in [5.74, 6) is -0.979. The Kier molecular flexibility index (Phi) is 4.82. The van der Waals surface area contributed by atoms with E-state index in [1.165, 1.54) is 0 Å². The predicted octanol–water partition coefficient (Wildman–Crippen LogP) is 0.0136. The molecule has 2 heterocycles. The van der Waals surface area contributed by atoms with Crippen molar-refractivity contribution >= 4 is 12.0 Å². The zero-order valence-corrected chi connectivity index (χ0v) is 11.9. The molecule has 2 fully saturated rings. The molecule has 0 aliphatic carbocycles. The van der Waals surface area contributed by atoms with Gasteiger partial charge in [-0.1, -0.05) is 0 Å². The van der Waals surface area contributed by atoms with Crippen molar-refractivity contribution in [2.24, 2.45) is 0 Å². The molecule has 0 saturated carbocycles. The average Bonchev–Trinajstić information content (AvgIpc) is 2.48. The highest BCUT2D eigenvalue weighted by atomic mass is 16.5. The maximum atomic E-state index is 12.3. The van der Waals surface area contributed by atoms with Gasteiger partial charge in [-0.25, -0.2) is 9.59 Å². The van der Waals surface area contributed by atoms with Gasteiger partial charge in [-0.05, 0) is 25.9 Å². The van der Waals surface area contributed by atoms with Crippen LogP contribution in [0.4, 0.5) is 4.79 Å². The van der Waals surface area contributed by atoms with Gasteiger partial charge in [-0.3, -0.25) is 0 Å². The number of ether oxygens (including phenoxy) is 1. The third-order valence-electron chi connectivity index (χ3n) is 4.28. The Hall–Kier alpha value is -1.34. The number of rotatable bonds is 3. The molecule has 2 rings (SSSR count). The van der Waals surface area contributed by atoms with Gasteiger partial charge < -0.3 is 25.4 Å². The Balaban J connectivity index is 1.98. The van der Waals surface area contributed by atoms with E-state index in [1.807, 2.05) is 0 Å². The number of carboxylic acids is 1. The zero-order valence-electron chi connectivity index (χ0n) is 11.9. The fourth-order valence-electron chi connectivity index (χ4n) is 2.76. The highest BCUT2D eigenvalue weighted by Gasteiger charge is 2.42. The van der Waals surface area contributed by atoms with Crippen molar-refractivity contribution in [2.75, 3.05) is 33.4 Å². The van der Waals surface area contributed by atoms with Crippen molar-refractivity contribution in [2.45, 2.75) is 37.3 Å². The molecule has 2 aliphatic rings. The van der Waals surface area contributed by atoms with Crippen LogP contribution in [0.5, 0.6) is 0 Å². The molecule has 0 bridgehead atoms. The lowest BCUT2D eigenvalue weighted by Gasteiger charge is -2.38. The molecule has 2 amide bonds. The van der Waals surface area contributed by atoms with Gasteiger partial charge in [0.1, 0.15) is 5.54 Å². The minimum Gasteiger partial charge on any atom is -0.480 e. The summed E-state index contributed by atoms with van der Waals surface area (Å²) >= 11 is 0. The van der Waals surface area contributed by atoms with E-state index in [2.05, 4.69) is 10.6 Å². The molecular formula is C13H23N3O4. The molecule has 7 heteroatoms. The lowest BCUT2D eigenvalue weighted by atomic mass is 9.90. The molecule has 3 N–H and O–H groups in total. The van der Waals surface area contributed by atoms with Crippen LogP contribution in [-0.2, 0) is 9.53 Å². The quantitative estimate of drug-likeness (QED) is 0.680. The van der Waals surface area contributed by atoms with Gasteiger partial charge in [-0.15, -0.1) is 0 Å². The number of hydrogen-bond donors (Lipinski definition) is 3. The zero-order chi connectivity index (χ0) is 14.6. The summed E-state index contributed by atoms with van der Waals surface area (Å²) in [5.41, 5.74) is -1.18. The van der Waals surface area contributed by atoms with Crippen LogP contribution in [0, 0.1) is 0 Å². The highest BCUT2D eigenvalue weighted by Crippen LogP contribution is 2.22. The molecule has 7 nitrogen and oxygen atoms in total. The van der Waals surface area contributed by atoms with E-state index < -0.39 is 11.5 Å². The molecular weight excluding hydrogens is 262 g/mol. The fourth-order valence-corrected chi connectivity index (χ4v) is 2.76. The standard InChI is InChI=1S/C13H23N3O4/c1-16(10-2-6-14-7-3-10)12(19)15-13(11(17)18)4-8-20-9-5-13/h10,14H,2-9H2,1H3,(H,15,19)(H,17,18). The minimum atomic E-state index is -1.18. The first-order valence-corrected chi connectivity index (χ1v) is 7.12. The van der Waals surface area contributed by atoms with E-state index in [4.69, 9.17) is 4.74 Å². The number of nitrogens with one attached hydrogen (secondary N) is 2. The number of carboxylic acid groups (broad SMARTS) is 1. The van der Waals surface area contributed by atoms with Crippen molar-refractivity contribution < 1.29 is 19.4 Å². The SMILES string of the molecule is CN(C(=O)NC1(C(=O)O)CCOCC1)C1CCNCC1. The van der Waals surface area contributed by atoms with E-state index in [0.29, 0.717) is 26.1 Å². The number of nitrogens with zero attached hydrogens (tertiary/aromatic N) is 1. The van der Waals surface area contributed by atoms with Crippen LogP contribution in [0.3, 0.4) is 0 Å². The van der Waals surface area contributed by atoms with Crippen molar-refractivity contribution in [3.05, 3.63) is 0 Å². The summed E-state index contributed by atoms with van der Waals surface area (Å²) < 4.78 is 5.20. The first-order chi connectivity index (χ1) is 9.55. The molecule has 0 aromatic carbocycles.